The van der Waals surface area contributed by atoms with Gasteiger partial charge < -0.3 is 4.40 Å². The second kappa shape index (κ2) is 13.3. The molecule has 11 aromatic rings. The monoisotopic (exact) mass is 982 g/mol. The van der Waals surface area contributed by atoms with Crippen LogP contribution < -0.4 is 0 Å². The highest BCUT2D eigenvalue weighted by Gasteiger charge is 2.58. The van der Waals surface area contributed by atoms with Gasteiger partial charge in [-0.25, -0.2) is 0 Å². The van der Waals surface area contributed by atoms with Crippen molar-refractivity contribution in [2.24, 2.45) is 23.7 Å². The van der Waals surface area contributed by atoms with Crippen LogP contribution in [0.4, 0.5) is 0 Å². The summed E-state index contributed by atoms with van der Waals surface area (Å²) in [6, 6.07) is 66.0. The molecule has 12 aliphatic carbocycles. The van der Waals surface area contributed by atoms with Gasteiger partial charge in [0, 0.05) is 21.5 Å². The number of fused-ring (bicyclic) bond motifs is 27. The first-order valence-electron chi connectivity index (χ1n) is 29.6. The van der Waals surface area contributed by atoms with Crippen LogP contribution >= 0.6 is 0 Å². The molecule has 2 spiro atoms. The fraction of sp³-hybridized carbons (Fsp3) is 0.267. The molecule has 2 aromatic heterocycles. The topological polar surface area (TPSA) is 28.2 Å². The van der Waals surface area contributed by atoms with E-state index in [1.807, 2.05) is 0 Å². The molecular formula is C75H54N2. The van der Waals surface area contributed by atoms with Crippen molar-refractivity contribution < 1.29 is 0 Å². The molecule has 23 rings (SSSR count). The molecule has 0 aliphatic heterocycles. The van der Waals surface area contributed by atoms with Gasteiger partial charge in [-0.3, -0.25) is 0 Å². The lowest BCUT2D eigenvalue weighted by Gasteiger charge is -2.38. The van der Waals surface area contributed by atoms with Gasteiger partial charge in [0.25, 0.3) is 0 Å². The largest absolute Gasteiger partial charge is 0.308 e. The van der Waals surface area contributed by atoms with Gasteiger partial charge in [0.2, 0.25) is 0 Å². The average Bonchev–Trinajstić information content (AvgIpc) is 4.22. The van der Waals surface area contributed by atoms with Crippen molar-refractivity contribution in [1.29, 1.82) is 5.26 Å². The van der Waals surface area contributed by atoms with Crippen LogP contribution in [0.15, 0.2) is 158 Å². The van der Waals surface area contributed by atoms with E-state index < -0.39 is 10.8 Å². The third kappa shape index (κ3) is 4.36. The van der Waals surface area contributed by atoms with E-state index in [1.54, 1.807) is 16.7 Å². The van der Waals surface area contributed by atoms with E-state index in [2.05, 4.69) is 168 Å². The van der Waals surface area contributed by atoms with Crippen LogP contribution in [-0.2, 0) is 10.8 Å². The van der Waals surface area contributed by atoms with Crippen LogP contribution in [0.2, 0.25) is 0 Å². The van der Waals surface area contributed by atoms with Crippen LogP contribution in [0.3, 0.4) is 0 Å². The van der Waals surface area contributed by atoms with Gasteiger partial charge in [-0.15, -0.1) is 0 Å². The van der Waals surface area contributed by atoms with Crippen molar-refractivity contribution in [3.05, 3.63) is 230 Å². The highest BCUT2D eigenvalue weighted by Crippen LogP contribution is 2.71. The predicted octanol–water partition coefficient (Wildman–Crippen LogP) is 18.2. The average molecular weight is 983 g/mol. The number of benzene rings is 9. The number of nitrogens with zero attached hydrogens (tertiary/aromatic N) is 2. The maximum Gasteiger partial charge on any atom is 0.0995 e. The zero-order valence-electron chi connectivity index (χ0n) is 43.1. The summed E-state index contributed by atoms with van der Waals surface area (Å²) in [5.74, 6) is 5.28. The van der Waals surface area contributed by atoms with E-state index >= 15 is 0 Å². The van der Waals surface area contributed by atoms with Gasteiger partial charge in [-0.1, -0.05) is 127 Å². The fourth-order valence-electron chi connectivity index (χ4n) is 21.6. The summed E-state index contributed by atoms with van der Waals surface area (Å²) in [5.41, 5.74) is 32.6. The van der Waals surface area contributed by atoms with Crippen molar-refractivity contribution in [2.75, 3.05) is 0 Å². The molecule has 8 bridgehead atoms. The van der Waals surface area contributed by atoms with Crippen LogP contribution in [0, 0.1) is 35.0 Å². The van der Waals surface area contributed by atoms with Gasteiger partial charge in [-0.05, 0) is 253 Å². The summed E-state index contributed by atoms with van der Waals surface area (Å²) in [6.07, 6.45) is 13.1. The lowest BCUT2D eigenvalue weighted by atomic mass is 9.66. The van der Waals surface area contributed by atoms with Crippen LogP contribution in [0.25, 0.3) is 82.6 Å². The summed E-state index contributed by atoms with van der Waals surface area (Å²) in [6.45, 7) is 0. The van der Waals surface area contributed by atoms with Crippen molar-refractivity contribution in [1.82, 2.24) is 4.40 Å². The molecule has 4 atom stereocenters. The van der Waals surface area contributed by atoms with Crippen LogP contribution in [0.5, 0.6) is 0 Å². The van der Waals surface area contributed by atoms with Gasteiger partial charge >= 0.3 is 0 Å². The Morgan fingerprint density at radius 3 is 1.36 bits per heavy atom. The minimum Gasteiger partial charge on any atom is -0.308 e. The fourth-order valence-corrected chi connectivity index (χ4v) is 21.6. The first-order chi connectivity index (χ1) is 38.1. The van der Waals surface area contributed by atoms with Gasteiger partial charge in [-0.2, -0.15) is 5.26 Å². The second-order valence-corrected chi connectivity index (χ2v) is 26.4. The van der Waals surface area contributed by atoms with E-state index in [4.69, 9.17) is 0 Å². The Hall–Kier alpha value is -7.73. The summed E-state index contributed by atoms with van der Waals surface area (Å²) in [7, 11) is 0. The molecule has 4 fully saturated rings. The molecule has 0 N–H and O–H groups in total. The van der Waals surface area contributed by atoms with Crippen molar-refractivity contribution >= 4 is 38.1 Å². The Labute approximate surface area is 448 Å². The van der Waals surface area contributed by atoms with E-state index in [0.717, 1.165) is 29.2 Å². The molecule has 77 heavy (non-hydrogen) atoms. The first-order valence-corrected chi connectivity index (χ1v) is 29.6. The highest BCUT2D eigenvalue weighted by atomic mass is 14.9. The van der Waals surface area contributed by atoms with E-state index in [9.17, 15) is 5.26 Å². The van der Waals surface area contributed by atoms with E-state index in [0.29, 0.717) is 23.7 Å². The Morgan fingerprint density at radius 2 is 0.818 bits per heavy atom. The Morgan fingerprint density at radius 1 is 0.364 bits per heavy atom. The number of hydrogen-bond acceptors (Lipinski definition) is 1. The minimum absolute atomic E-state index is 0.446. The van der Waals surface area contributed by atoms with Crippen molar-refractivity contribution in [2.45, 2.75) is 98.7 Å². The smallest absolute Gasteiger partial charge is 0.0995 e. The zero-order chi connectivity index (χ0) is 49.5. The first kappa shape index (κ1) is 40.5. The summed E-state index contributed by atoms with van der Waals surface area (Å²) in [4.78, 5) is 0. The molecule has 2 heterocycles. The Kier molecular flexibility index (Phi) is 7.01. The molecule has 4 saturated carbocycles. The molecule has 4 unspecified atom stereocenters. The number of hydrogen-bond donors (Lipinski definition) is 0. The third-order valence-corrected chi connectivity index (χ3v) is 23.4. The summed E-state index contributed by atoms with van der Waals surface area (Å²) < 4.78 is 2.77. The van der Waals surface area contributed by atoms with Gasteiger partial charge in [0.1, 0.15) is 0 Å². The molecule has 0 amide bonds. The molecule has 364 valence electrons. The SMILES string of the molecule is N#Cc1cc2c(c3c1C1CC4CC(C1)CC3C4)c1c3c(cc4c5c6c(ccc5n2c41)C1CC2CC(C1)CC6C2)-c1cc2c(cc1C31c3ccccc3-c3ccccc31)-c1ccccc1C21c2ccccc2-c2ccccc21. The quantitative estimate of drug-likeness (QED) is 0.149. The molecule has 0 radical (unpaired) electrons. The van der Waals surface area contributed by atoms with Crippen molar-refractivity contribution in [3.63, 3.8) is 0 Å². The van der Waals surface area contributed by atoms with Gasteiger partial charge in [0.15, 0.2) is 0 Å². The highest BCUT2D eigenvalue weighted by molar-refractivity contribution is 6.29. The molecular weight excluding hydrogens is 929 g/mol. The number of rotatable bonds is 0. The molecule has 2 nitrogen and oxygen atoms in total. The minimum atomic E-state index is -0.590. The number of nitriles is 1. The lowest BCUT2D eigenvalue weighted by Crippen LogP contribution is -2.27. The molecule has 12 aliphatic rings. The normalized spacial score (nSPS) is 26.4. The molecule has 2 heteroatoms. The molecule has 0 saturated heterocycles. The maximum absolute atomic E-state index is 11.6. The van der Waals surface area contributed by atoms with Gasteiger partial charge in [0.05, 0.1) is 39.0 Å². The lowest BCUT2D eigenvalue weighted by molar-refractivity contribution is 0.166. The van der Waals surface area contributed by atoms with E-state index in [-0.39, 0.29) is 0 Å². The molecule has 9 aromatic carbocycles. The van der Waals surface area contributed by atoms with Crippen LogP contribution in [-0.4, -0.2) is 4.40 Å². The Balaban J connectivity index is 1.00. The second-order valence-electron chi connectivity index (χ2n) is 26.4. The third-order valence-electron chi connectivity index (χ3n) is 23.4. The van der Waals surface area contributed by atoms with Crippen LogP contribution in [0.1, 0.15) is 160 Å². The van der Waals surface area contributed by atoms with Crippen molar-refractivity contribution in [3.8, 4) is 50.6 Å². The number of aromatic nitrogens is 1. The summed E-state index contributed by atoms with van der Waals surface area (Å²) in [5, 5.41) is 17.5. The van der Waals surface area contributed by atoms with E-state index in [1.165, 1.54) is 197 Å². The predicted molar refractivity (Wildman–Crippen MR) is 310 cm³/mol. The maximum atomic E-state index is 11.6. The standard InChI is InChI=1S/C75H54N2/c76-37-46-33-65-70(68-45-31-40-24-41(32-45)28-43(27-40)66(46)68)71-72-55(34-56-69-64(77(65)73(56)71)22-21-47-42-25-38-23-39(26-42)30-44(29-38)67(47)69)54-36-62-53(35-63(54)75(72)60-19-9-3-13-50(60)51-14-4-10-20-61(51)75)52-15-5-8-18-59(52)74(62)57-16-6-1-11-48(57)49-12-2-7-17-58(49)74/h1-22,33-36,38-45H,23-32H2. The summed E-state index contributed by atoms with van der Waals surface area (Å²) >= 11 is 0. The zero-order valence-corrected chi connectivity index (χ0v) is 43.1. The Bertz CT molecular complexity index is 4570.